The van der Waals surface area contributed by atoms with Gasteiger partial charge in [0.15, 0.2) is 0 Å². The van der Waals surface area contributed by atoms with Crippen molar-refractivity contribution in [2.24, 2.45) is 0 Å². The van der Waals surface area contributed by atoms with Crippen molar-refractivity contribution in [1.82, 2.24) is 4.31 Å². The highest BCUT2D eigenvalue weighted by Gasteiger charge is 2.49. The molecule has 2 amide bonds. The second kappa shape index (κ2) is 10.2. The van der Waals surface area contributed by atoms with Crippen LogP contribution >= 0.6 is 0 Å². The first-order valence-corrected chi connectivity index (χ1v) is 12.9. The number of rotatable bonds is 7. The van der Waals surface area contributed by atoms with Crippen molar-refractivity contribution in [3.8, 4) is 5.75 Å². The number of carbonyl (C=O) groups excluding carboxylic acids is 3. The third kappa shape index (κ3) is 4.81. The molecule has 1 unspecified atom stereocenters. The molecule has 186 valence electrons. The quantitative estimate of drug-likeness (QED) is 0.424. The van der Waals surface area contributed by atoms with Gasteiger partial charge in [-0.3, -0.25) is 9.59 Å². The van der Waals surface area contributed by atoms with E-state index in [1.165, 1.54) is 54.9 Å². The van der Waals surface area contributed by atoms with Gasteiger partial charge in [-0.1, -0.05) is 19.3 Å². The molecule has 35 heavy (non-hydrogen) atoms. The van der Waals surface area contributed by atoms with Gasteiger partial charge in [0, 0.05) is 6.04 Å². The minimum absolute atomic E-state index is 0.0463. The molecule has 0 aromatic heterocycles. The molecule has 2 fully saturated rings. The van der Waals surface area contributed by atoms with Crippen molar-refractivity contribution in [3.63, 3.8) is 0 Å². The molecule has 9 nitrogen and oxygen atoms in total. The van der Waals surface area contributed by atoms with Gasteiger partial charge in [-0.15, -0.1) is 0 Å². The molecule has 1 saturated carbocycles. The summed E-state index contributed by atoms with van der Waals surface area (Å²) in [6.07, 6.45) is 3.72. The van der Waals surface area contributed by atoms with Crippen LogP contribution in [0.1, 0.15) is 48.9 Å². The van der Waals surface area contributed by atoms with Crippen LogP contribution in [0.4, 0.5) is 5.69 Å². The lowest BCUT2D eigenvalue weighted by atomic mass is 9.94. The van der Waals surface area contributed by atoms with Crippen molar-refractivity contribution < 1.29 is 32.3 Å². The van der Waals surface area contributed by atoms with Gasteiger partial charge in [0.2, 0.25) is 15.9 Å². The molecule has 10 heteroatoms. The predicted molar refractivity (Wildman–Crippen MR) is 128 cm³/mol. The number of carbonyl (C=O) groups is 3. The third-order valence-electron chi connectivity index (χ3n) is 6.55. The first-order chi connectivity index (χ1) is 16.8. The SMILES string of the molecule is COC(=O)c1ccc(N2C(=O)CC(N(C3CCCCC3)S(=O)(=O)c3ccc(OC)cc3)C2=O)cc1. The van der Waals surface area contributed by atoms with E-state index in [0.29, 0.717) is 18.6 Å². The molecule has 0 spiro atoms. The predicted octanol–water partition coefficient (Wildman–Crippen LogP) is 3.14. The van der Waals surface area contributed by atoms with E-state index in [0.717, 1.165) is 24.2 Å². The average molecular weight is 501 g/mol. The fraction of sp³-hybridized carbons (Fsp3) is 0.400. The maximum Gasteiger partial charge on any atom is 0.337 e. The molecule has 4 rings (SSSR count). The van der Waals surface area contributed by atoms with Crippen molar-refractivity contribution in [2.75, 3.05) is 19.1 Å². The minimum atomic E-state index is -4.08. The van der Waals surface area contributed by atoms with E-state index in [2.05, 4.69) is 4.74 Å². The van der Waals surface area contributed by atoms with E-state index in [9.17, 15) is 22.8 Å². The summed E-state index contributed by atoms with van der Waals surface area (Å²) in [4.78, 5) is 39.3. The summed E-state index contributed by atoms with van der Waals surface area (Å²) in [5.74, 6) is -1.11. The zero-order chi connectivity index (χ0) is 25.2. The number of methoxy groups -OCH3 is 2. The third-order valence-corrected chi connectivity index (χ3v) is 8.52. The lowest BCUT2D eigenvalue weighted by Crippen LogP contribution is -2.51. The van der Waals surface area contributed by atoms with Crippen LogP contribution in [0.15, 0.2) is 53.4 Å². The molecule has 1 aliphatic carbocycles. The second-order valence-electron chi connectivity index (χ2n) is 8.63. The molecule has 2 aromatic rings. The molecular formula is C25H28N2O7S. The van der Waals surface area contributed by atoms with E-state index in [-0.39, 0.29) is 28.6 Å². The number of nitrogens with zero attached hydrogens (tertiary/aromatic N) is 2. The summed E-state index contributed by atoms with van der Waals surface area (Å²) in [6, 6.07) is 10.4. The monoisotopic (exact) mass is 500 g/mol. The number of benzene rings is 2. The smallest absolute Gasteiger partial charge is 0.337 e. The number of anilines is 1. The van der Waals surface area contributed by atoms with Gasteiger partial charge in [0.1, 0.15) is 11.8 Å². The Morgan fingerprint density at radius 1 is 0.943 bits per heavy atom. The number of imide groups is 1. The molecule has 2 aromatic carbocycles. The molecular weight excluding hydrogens is 472 g/mol. The van der Waals surface area contributed by atoms with Crippen LogP contribution in [0.25, 0.3) is 0 Å². The fourth-order valence-corrected chi connectivity index (χ4v) is 6.60. The maximum atomic E-state index is 13.8. The topological polar surface area (TPSA) is 110 Å². The van der Waals surface area contributed by atoms with Gasteiger partial charge >= 0.3 is 5.97 Å². The van der Waals surface area contributed by atoms with E-state index in [4.69, 9.17) is 4.74 Å². The van der Waals surface area contributed by atoms with E-state index < -0.39 is 33.8 Å². The van der Waals surface area contributed by atoms with Gasteiger partial charge < -0.3 is 9.47 Å². The highest BCUT2D eigenvalue weighted by molar-refractivity contribution is 7.89. The molecule has 0 N–H and O–H groups in total. The number of esters is 1. The number of hydrogen-bond acceptors (Lipinski definition) is 7. The number of hydrogen-bond donors (Lipinski definition) is 0. The summed E-state index contributed by atoms with van der Waals surface area (Å²) >= 11 is 0. The zero-order valence-electron chi connectivity index (χ0n) is 19.7. The van der Waals surface area contributed by atoms with Crippen molar-refractivity contribution in [2.45, 2.75) is 55.5 Å². The van der Waals surface area contributed by atoms with Gasteiger partial charge in [0.25, 0.3) is 5.91 Å². The van der Waals surface area contributed by atoms with E-state index in [1.54, 1.807) is 12.1 Å². The standard InChI is InChI=1S/C25H28N2O7S/c1-33-20-12-14-21(15-13-20)35(31,32)27(19-6-4-3-5-7-19)22-16-23(28)26(24(22)29)18-10-8-17(9-11-18)25(30)34-2/h8-15,19,22H,3-7,16H2,1-2H3. The summed E-state index contributed by atoms with van der Waals surface area (Å²) in [6.45, 7) is 0. The maximum absolute atomic E-state index is 13.8. The Morgan fingerprint density at radius 3 is 2.14 bits per heavy atom. The highest BCUT2D eigenvalue weighted by Crippen LogP contribution is 2.35. The van der Waals surface area contributed by atoms with Gasteiger partial charge in [-0.25, -0.2) is 18.1 Å². The molecule has 0 bridgehead atoms. The van der Waals surface area contributed by atoms with Crippen molar-refractivity contribution >= 4 is 33.5 Å². The Morgan fingerprint density at radius 2 is 1.57 bits per heavy atom. The average Bonchev–Trinajstić information content (AvgIpc) is 3.17. The first kappa shape index (κ1) is 24.9. The van der Waals surface area contributed by atoms with Crippen LogP contribution in [0.3, 0.4) is 0 Å². The molecule has 1 aliphatic heterocycles. The summed E-state index contributed by atoms with van der Waals surface area (Å²) < 4.78 is 38.7. The number of sulfonamides is 1. The first-order valence-electron chi connectivity index (χ1n) is 11.5. The Bertz CT molecular complexity index is 1200. The van der Waals surface area contributed by atoms with Crippen LogP contribution in [-0.2, 0) is 24.3 Å². The van der Waals surface area contributed by atoms with Crippen LogP contribution in [0, 0.1) is 0 Å². The molecule has 2 aliphatic rings. The Hall–Kier alpha value is -3.24. The van der Waals surface area contributed by atoms with Gasteiger partial charge in [0.05, 0.1) is 36.8 Å². The summed E-state index contributed by atoms with van der Waals surface area (Å²) in [7, 11) is -1.32. The van der Waals surface area contributed by atoms with Crippen LogP contribution in [-0.4, -0.2) is 56.8 Å². The summed E-state index contributed by atoms with van der Waals surface area (Å²) in [5.41, 5.74) is 0.554. The lowest BCUT2D eigenvalue weighted by Gasteiger charge is -2.36. The molecule has 0 radical (unpaired) electrons. The fourth-order valence-electron chi connectivity index (χ4n) is 4.77. The van der Waals surface area contributed by atoms with Crippen molar-refractivity contribution in [1.29, 1.82) is 0 Å². The van der Waals surface area contributed by atoms with Gasteiger partial charge in [-0.05, 0) is 61.4 Å². The number of ether oxygens (including phenoxy) is 2. The van der Waals surface area contributed by atoms with E-state index in [1.807, 2.05) is 0 Å². The van der Waals surface area contributed by atoms with Gasteiger partial charge in [-0.2, -0.15) is 4.31 Å². The Kier molecular flexibility index (Phi) is 7.23. The normalized spacial score (nSPS) is 19.3. The van der Waals surface area contributed by atoms with Crippen molar-refractivity contribution in [3.05, 3.63) is 54.1 Å². The minimum Gasteiger partial charge on any atom is -0.497 e. The van der Waals surface area contributed by atoms with Crippen LogP contribution in [0.2, 0.25) is 0 Å². The van der Waals surface area contributed by atoms with Crippen LogP contribution < -0.4 is 9.64 Å². The number of amides is 2. The highest BCUT2D eigenvalue weighted by atomic mass is 32.2. The zero-order valence-corrected chi connectivity index (χ0v) is 20.5. The lowest BCUT2D eigenvalue weighted by molar-refractivity contribution is -0.122. The van der Waals surface area contributed by atoms with Crippen LogP contribution in [0.5, 0.6) is 5.75 Å². The largest absolute Gasteiger partial charge is 0.497 e. The summed E-state index contributed by atoms with van der Waals surface area (Å²) in [5, 5.41) is 0. The molecule has 1 saturated heterocycles. The Balaban J connectivity index is 1.69. The second-order valence-corrected chi connectivity index (χ2v) is 10.5. The Labute approximate surface area is 204 Å². The molecule has 1 heterocycles. The molecule has 1 atom stereocenters. The van der Waals surface area contributed by atoms with E-state index >= 15 is 0 Å².